The van der Waals surface area contributed by atoms with Crippen LogP contribution < -0.4 is 11.1 Å². The van der Waals surface area contributed by atoms with E-state index in [1.807, 2.05) is 0 Å². The van der Waals surface area contributed by atoms with E-state index in [4.69, 9.17) is 5.73 Å². The van der Waals surface area contributed by atoms with Gasteiger partial charge in [0.1, 0.15) is 5.69 Å². The van der Waals surface area contributed by atoms with Crippen molar-refractivity contribution in [2.45, 2.75) is 13.0 Å². The summed E-state index contributed by atoms with van der Waals surface area (Å²) in [4.78, 5) is 26.3. The molecule has 1 unspecified atom stereocenters. The second-order valence-corrected chi connectivity index (χ2v) is 4.47. The Morgan fingerprint density at radius 3 is 2.62 bits per heavy atom. The average Bonchev–Trinajstić information content (AvgIpc) is 2.47. The van der Waals surface area contributed by atoms with Crippen molar-refractivity contribution in [1.29, 1.82) is 0 Å². The highest BCUT2D eigenvalue weighted by molar-refractivity contribution is 6.01. The largest absolute Gasteiger partial charge is 0.393 e. The summed E-state index contributed by atoms with van der Waals surface area (Å²) < 4.78 is 0. The molecule has 0 spiro atoms. The molecule has 0 aliphatic heterocycles. The van der Waals surface area contributed by atoms with Crippen LogP contribution in [0.4, 0.5) is 11.4 Å². The predicted octanol–water partition coefficient (Wildman–Crippen LogP) is 2.06. The minimum Gasteiger partial charge on any atom is -0.393 e. The van der Waals surface area contributed by atoms with Crippen LogP contribution >= 0.6 is 0 Å². The number of hydrogen-bond acceptors (Lipinski definition) is 5. The van der Waals surface area contributed by atoms with E-state index < -0.39 is 10.8 Å². The molecule has 1 aromatic carbocycles. The van der Waals surface area contributed by atoms with Crippen LogP contribution in [0.1, 0.15) is 28.9 Å². The zero-order valence-electron chi connectivity index (χ0n) is 11.3. The molecule has 1 heterocycles. The van der Waals surface area contributed by atoms with E-state index in [-0.39, 0.29) is 23.0 Å². The number of nitrogens with one attached hydrogen (secondary N) is 1. The van der Waals surface area contributed by atoms with Gasteiger partial charge in [-0.15, -0.1) is 0 Å². The number of carbonyl (C=O) groups excluding carboxylic acids is 1. The standard InChI is InChI=1S/C14H14N4O3/c1-9(10-5-7-16-8-6-10)17-14(19)11-3-2-4-12(13(11)15)18(20)21/h2-9H,15H2,1H3,(H,17,19). The van der Waals surface area contributed by atoms with Gasteiger partial charge in [-0.2, -0.15) is 0 Å². The molecule has 0 bridgehead atoms. The minimum absolute atomic E-state index is 0.0881. The lowest BCUT2D eigenvalue weighted by atomic mass is 10.1. The lowest BCUT2D eigenvalue weighted by Crippen LogP contribution is -2.27. The number of pyridine rings is 1. The highest BCUT2D eigenvalue weighted by Gasteiger charge is 2.20. The molecule has 2 aromatic rings. The number of hydrogen-bond donors (Lipinski definition) is 2. The number of anilines is 1. The molecule has 1 aromatic heterocycles. The van der Waals surface area contributed by atoms with Crippen molar-refractivity contribution in [3.63, 3.8) is 0 Å². The van der Waals surface area contributed by atoms with Crippen molar-refractivity contribution >= 4 is 17.3 Å². The van der Waals surface area contributed by atoms with Crippen molar-refractivity contribution in [1.82, 2.24) is 10.3 Å². The Morgan fingerprint density at radius 2 is 2.00 bits per heavy atom. The zero-order chi connectivity index (χ0) is 15.4. The Morgan fingerprint density at radius 1 is 1.33 bits per heavy atom. The molecule has 0 radical (unpaired) electrons. The minimum atomic E-state index is -0.613. The first-order valence-electron chi connectivity index (χ1n) is 6.24. The fourth-order valence-corrected chi connectivity index (χ4v) is 1.92. The molecule has 108 valence electrons. The monoisotopic (exact) mass is 286 g/mol. The van der Waals surface area contributed by atoms with Crippen LogP contribution in [0.2, 0.25) is 0 Å². The number of nitro groups is 1. The third-order valence-electron chi connectivity index (χ3n) is 3.08. The smallest absolute Gasteiger partial charge is 0.292 e. The highest BCUT2D eigenvalue weighted by Crippen LogP contribution is 2.25. The predicted molar refractivity (Wildman–Crippen MR) is 77.6 cm³/mol. The fraction of sp³-hybridized carbons (Fsp3) is 0.143. The van der Waals surface area contributed by atoms with Crippen molar-refractivity contribution < 1.29 is 9.72 Å². The van der Waals surface area contributed by atoms with E-state index in [9.17, 15) is 14.9 Å². The molecule has 1 amide bonds. The Balaban J connectivity index is 2.22. The quantitative estimate of drug-likeness (QED) is 0.507. The Hall–Kier alpha value is -2.96. The molecule has 0 aliphatic carbocycles. The van der Waals surface area contributed by atoms with Gasteiger partial charge in [0.2, 0.25) is 0 Å². The molecule has 0 aliphatic rings. The number of amides is 1. The summed E-state index contributed by atoms with van der Waals surface area (Å²) in [6, 6.07) is 7.44. The van der Waals surface area contributed by atoms with Crippen LogP contribution in [0.15, 0.2) is 42.7 Å². The van der Waals surface area contributed by atoms with Crippen molar-refractivity contribution in [3.8, 4) is 0 Å². The van der Waals surface area contributed by atoms with Crippen molar-refractivity contribution in [2.24, 2.45) is 0 Å². The van der Waals surface area contributed by atoms with Crippen molar-refractivity contribution in [3.05, 3.63) is 64.0 Å². The Bertz CT molecular complexity index is 673. The second-order valence-electron chi connectivity index (χ2n) is 4.47. The molecule has 7 heteroatoms. The Labute approximate surface area is 121 Å². The molecule has 0 fully saturated rings. The molecule has 21 heavy (non-hydrogen) atoms. The molecular weight excluding hydrogens is 272 g/mol. The van der Waals surface area contributed by atoms with E-state index in [1.54, 1.807) is 31.5 Å². The van der Waals surface area contributed by atoms with Gasteiger partial charge in [0.15, 0.2) is 0 Å². The van der Waals surface area contributed by atoms with Crippen LogP contribution in [0.25, 0.3) is 0 Å². The second kappa shape index (κ2) is 6.00. The number of nitrogens with zero attached hydrogens (tertiary/aromatic N) is 2. The zero-order valence-corrected chi connectivity index (χ0v) is 11.3. The summed E-state index contributed by atoms with van der Waals surface area (Å²) in [6.07, 6.45) is 3.25. The number of carbonyl (C=O) groups is 1. The normalized spacial score (nSPS) is 11.7. The number of aromatic nitrogens is 1. The van der Waals surface area contributed by atoms with Gasteiger partial charge < -0.3 is 11.1 Å². The number of nitro benzene ring substituents is 1. The summed E-state index contributed by atoms with van der Waals surface area (Å²) in [6.45, 7) is 1.81. The van der Waals surface area contributed by atoms with Gasteiger partial charge in [-0.25, -0.2) is 0 Å². The number of rotatable bonds is 4. The highest BCUT2D eigenvalue weighted by atomic mass is 16.6. The maximum Gasteiger partial charge on any atom is 0.292 e. The van der Waals surface area contributed by atoms with E-state index in [1.165, 1.54) is 18.2 Å². The SMILES string of the molecule is CC(NC(=O)c1cccc([N+](=O)[O-])c1N)c1ccncc1. The van der Waals surface area contributed by atoms with Crippen LogP contribution in [-0.2, 0) is 0 Å². The third kappa shape index (κ3) is 3.14. The van der Waals surface area contributed by atoms with E-state index in [0.717, 1.165) is 5.56 Å². The lowest BCUT2D eigenvalue weighted by molar-refractivity contribution is -0.383. The summed E-state index contributed by atoms with van der Waals surface area (Å²) in [5.41, 5.74) is 6.24. The third-order valence-corrected chi connectivity index (χ3v) is 3.08. The summed E-state index contributed by atoms with van der Waals surface area (Å²) >= 11 is 0. The van der Waals surface area contributed by atoms with Crippen LogP contribution in [0.3, 0.4) is 0 Å². The number of para-hydroxylation sites is 1. The number of nitrogen functional groups attached to an aromatic ring is 1. The van der Waals surface area contributed by atoms with E-state index in [0.29, 0.717) is 0 Å². The van der Waals surface area contributed by atoms with Gasteiger partial charge in [-0.3, -0.25) is 19.9 Å². The molecule has 7 nitrogen and oxygen atoms in total. The summed E-state index contributed by atoms with van der Waals surface area (Å²) in [5.74, 6) is -0.458. The van der Waals surface area contributed by atoms with E-state index in [2.05, 4.69) is 10.3 Å². The maximum absolute atomic E-state index is 12.2. The fourth-order valence-electron chi connectivity index (χ4n) is 1.92. The first kappa shape index (κ1) is 14.4. The number of benzene rings is 1. The lowest BCUT2D eigenvalue weighted by Gasteiger charge is -2.14. The van der Waals surface area contributed by atoms with Gasteiger partial charge in [0, 0.05) is 18.5 Å². The molecular formula is C14H14N4O3. The van der Waals surface area contributed by atoms with Gasteiger partial charge in [-0.1, -0.05) is 6.07 Å². The summed E-state index contributed by atoms with van der Waals surface area (Å²) in [5, 5.41) is 13.6. The van der Waals surface area contributed by atoms with Gasteiger partial charge in [-0.05, 0) is 30.7 Å². The first-order valence-corrected chi connectivity index (χ1v) is 6.24. The van der Waals surface area contributed by atoms with Gasteiger partial charge in [0.25, 0.3) is 11.6 Å². The van der Waals surface area contributed by atoms with E-state index >= 15 is 0 Å². The van der Waals surface area contributed by atoms with Crippen LogP contribution in [0, 0.1) is 10.1 Å². The van der Waals surface area contributed by atoms with Crippen LogP contribution in [-0.4, -0.2) is 15.8 Å². The average molecular weight is 286 g/mol. The Kier molecular flexibility index (Phi) is 4.13. The van der Waals surface area contributed by atoms with Crippen molar-refractivity contribution in [2.75, 3.05) is 5.73 Å². The molecule has 0 saturated carbocycles. The van der Waals surface area contributed by atoms with Gasteiger partial charge in [0.05, 0.1) is 16.5 Å². The molecule has 0 saturated heterocycles. The molecule has 2 rings (SSSR count). The number of nitrogens with two attached hydrogens (primary N) is 1. The molecule has 3 N–H and O–H groups in total. The molecule has 1 atom stereocenters. The first-order chi connectivity index (χ1) is 10.0. The maximum atomic E-state index is 12.2. The van der Waals surface area contributed by atoms with Crippen LogP contribution in [0.5, 0.6) is 0 Å². The topological polar surface area (TPSA) is 111 Å². The van der Waals surface area contributed by atoms with Gasteiger partial charge >= 0.3 is 0 Å². The summed E-state index contributed by atoms with van der Waals surface area (Å²) in [7, 11) is 0.